The van der Waals surface area contributed by atoms with Crippen LogP contribution in [0.25, 0.3) is 0 Å². The molecular formula is C11H11N3O2. The molecule has 5 heteroatoms. The summed E-state index contributed by atoms with van der Waals surface area (Å²) < 4.78 is 0. The number of rotatable bonds is 4. The Labute approximate surface area is 92.3 Å². The summed E-state index contributed by atoms with van der Waals surface area (Å²) in [5.74, 6) is 0. The van der Waals surface area contributed by atoms with Crippen LogP contribution in [0.5, 0.6) is 0 Å². The normalized spacial score (nSPS) is 10.0. The zero-order chi connectivity index (χ0) is 11.4. The summed E-state index contributed by atoms with van der Waals surface area (Å²) in [6.45, 7) is 0.644. The van der Waals surface area contributed by atoms with E-state index in [0.29, 0.717) is 6.54 Å². The first-order valence-electron chi connectivity index (χ1n) is 4.86. The summed E-state index contributed by atoms with van der Waals surface area (Å²) in [6.07, 6.45) is 3.72. The summed E-state index contributed by atoms with van der Waals surface area (Å²) in [6, 6.07) is 8.41. The lowest BCUT2D eigenvalue weighted by molar-refractivity contribution is -0.384. The van der Waals surface area contributed by atoms with Crippen LogP contribution < -0.4 is 5.32 Å². The van der Waals surface area contributed by atoms with Crippen molar-refractivity contribution < 1.29 is 4.92 Å². The van der Waals surface area contributed by atoms with Gasteiger partial charge < -0.3 is 10.3 Å². The predicted octanol–water partition coefficient (Wildman–Crippen LogP) is 2.54. The summed E-state index contributed by atoms with van der Waals surface area (Å²) >= 11 is 0. The summed E-state index contributed by atoms with van der Waals surface area (Å²) in [4.78, 5) is 13.1. The monoisotopic (exact) mass is 217 g/mol. The summed E-state index contributed by atoms with van der Waals surface area (Å²) in [7, 11) is 0. The van der Waals surface area contributed by atoms with Crippen LogP contribution in [0.4, 0.5) is 11.4 Å². The Morgan fingerprint density at radius 2 is 2.25 bits per heavy atom. The summed E-state index contributed by atoms with van der Waals surface area (Å²) in [5.41, 5.74) is 1.95. The fraction of sp³-hybridized carbons (Fsp3) is 0.0909. The van der Waals surface area contributed by atoms with Crippen LogP contribution in [0, 0.1) is 10.1 Å². The van der Waals surface area contributed by atoms with Crippen molar-refractivity contribution in [3.05, 3.63) is 58.4 Å². The van der Waals surface area contributed by atoms with Crippen molar-refractivity contribution in [2.45, 2.75) is 6.54 Å². The highest BCUT2D eigenvalue weighted by Gasteiger charge is 2.04. The molecule has 0 fully saturated rings. The molecule has 1 aromatic heterocycles. The minimum absolute atomic E-state index is 0.0964. The van der Waals surface area contributed by atoms with E-state index in [2.05, 4.69) is 10.3 Å². The van der Waals surface area contributed by atoms with Crippen LogP contribution in [0.15, 0.2) is 42.7 Å². The molecule has 2 aromatic rings. The van der Waals surface area contributed by atoms with Gasteiger partial charge in [0.05, 0.1) is 4.92 Å². The molecule has 0 saturated heterocycles. The van der Waals surface area contributed by atoms with E-state index in [1.54, 1.807) is 12.1 Å². The van der Waals surface area contributed by atoms with Crippen LogP contribution in [-0.4, -0.2) is 9.91 Å². The Hall–Kier alpha value is -2.30. The zero-order valence-electron chi connectivity index (χ0n) is 8.51. The maximum atomic E-state index is 10.6. The molecule has 0 atom stereocenters. The van der Waals surface area contributed by atoms with Gasteiger partial charge >= 0.3 is 0 Å². The molecule has 2 rings (SSSR count). The van der Waals surface area contributed by atoms with Crippen LogP contribution in [0.3, 0.4) is 0 Å². The molecule has 0 aliphatic rings. The Kier molecular flexibility index (Phi) is 2.86. The third kappa shape index (κ3) is 2.38. The first kappa shape index (κ1) is 10.2. The second-order valence-corrected chi connectivity index (χ2v) is 3.38. The van der Waals surface area contributed by atoms with Gasteiger partial charge in [-0.1, -0.05) is 6.07 Å². The second kappa shape index (κ2) is 4.48. The van der Waals surface area contributed by atoms with E-state index >= 15 is 0 Å². The van der Waals surface area contributed by atoms with Gasteiger partial charge in [0.1, 0.15) is 0 Å². The number of anilines is 1. The lowest BCUT2D eigenvalue weighted by Gasteiger charge is -2.04. The maximum absolute atomic E-state index is 10.6. The van der Waals surface area contributed by atoms with Gasteiger partial charge in [-0.05, 0) is 17.7 Å². The lowest BCUT2D eigenvalue weighted by Crippen LogP contribution is -1.98. The minimum atomic E-state index is -0.401. The molecule has 0 spiro atoms. The smallest absolute Gasteiger partial charge is 0.271 e. The number of benzene rings is 1. The number of nitro benzene ring substituents is 1. The number of nitro groups is 1. The van der Waals surface area contributed by atoms with Crippen molar-refractivity contribution in [3.8, 4) is 0 Å². The van der Waals surface area contributed by atoms with Crippen molar-refractivity contribution in [3.63, 3.8) is 0 Å². The molecule has 2 N–H and O–H groups in total. The molecule has 5 nitrogen and oxygen atoms in total. The predicted molar refractivity (Wildman–Crippen MR) is 61.2 cm³/mol. The number of hydrogen-bond acceptors (Lipinski definition) is 3. The van der Waals surface area contributed by atoms with Gasteiger partial charge in [-0.2, -0.15) is 0 Å². The van der Waals surface area contributed by atoms with Gasteiger partial charge in [0.25, 0.3) is 5.69 Å². The number of hydrogen-bond donors (Lipinski definition) is 2. The molecule has 0 saturated carbocycles. The Balaban J connectivity index is 2.04. The fourth-order valence-corrected chi connectivity index (χ4v) is 1.40. The van der Waals surface area contributed by atoms with Gasteiger partial charge in [0.2, 0.25) is 0 Å². The summed E-state index contributed by atoms with van der Waals surface area (Å²) in [5, 5.41) is 13.7. The average Bonchev–Trinajstić information content (AvgIpc) is 2.79. The van der Waals surface area contributed by atoms with Gasteiger partial charge in [0.15, 0.2) is 0 Å². The lowest BCUT2D eigenvalue weighted by atomic mass is 10.2. The quantitative estimate of drug-likeness (QED) is 0.610. The van der Waals surface area contributed by atoms with E-state index in [9.17, 15) is 10.1 Å². The Morgan fingerprint density at radius 3 is 2.94 bits per heavy atom. The molecule has 82 valence electrons. The second-order valence-electron chi connectivity index (χ2n) is 3.38. The molecule has 0 radical (unpaired) electrons. The van der Waals surface area contributed by atoms with Gasteiger partial charge in [-0.25, -0.2) is 0 Å². The molecule has 16 heavy (non-hydrogen) atoms. The van der Waals surface area contributed by atoms with E-state index in [-0.39, 0.29) is 5.69 Å². The highest BCUT2D eigenvalue weighted by atomic mass is 16.6. The van der Waals surface area contributed by atoms with Crippen molar-refractivity contribution in [1.29, 1.82) is 0 Å². The van der Waals surface area contributed by atoms with Crippen molar-refractivity contribution in [2.75, 3.05) is 5.32 Å². The van der Waals surface area contributed by atoms with Crippen molar-refractivity contribution in [1.82, 2.24) is 4.98 Å². The van der Waals surface area contributed by atoms with E-state index in [1.165, 1.54) is 12.1 Å². The number of nitrogens with zero attached hydrogens (tertiary/aromatic N) is 1. The van der Waals surface area contributed by atoms with E-state index in [1.807, 2.05) is 18.5 Å². The molecular weight excluding hydrogens is 206 g/mol. The SMILES string of the molecule is O=[N+]([O-])c1cccc(NCc2cc[nH]c2)c1. The molecule has 1 heterocycles. The van der Waals surface area contributed by atoms with Crippen LogP contribution in [0.1, 0.15) is 5.56 Å². The Morgan fingerprint density at radius 1 is 1.38 bits per heavy atom. The fourth-order valence-electron chi connectivity index (χ4n) is 1.40. The standard InChI is InChI=1S/C11H11N3O2/c15-14(16)11-3-1-2-10(6-11)13-8-9-4-5-12-7-9/h1-7,12-13H,8H2. The van der Waals surface area contributed by atoms with Gasteiger partial charge in [0, 0.05) is 36.8 Å². The third-order valence-corrected chi connectivity index (χ3v) is 2.22. The number of nitrogens with one attached hydrogen (secondary N) is 2. The van der Waals surface area contributed by atoms with E-state index < -0.39 is 4.92 Å². The van der Waals surface area contributed by atoms with E-state index in [4.69, 9.17) is 0 Å². The Bertz CT molecular complexity index is 480. The van der Waals surface area contributed by atoms with E-state index in [0.717, 1.165) is 11.3 Å². The highest BCUT2D eigenvalue weighted by molar-refractivity contribution is 5.51. The largest absolute Gasteiger partial charge is 0.381 e. The van der Waals surface area contributed by atoms with Crippen LogP contribution >= 0.6 is 0 Å². The minimum Gasteiger partial charge on any atom is -0.381 e. The van der Waals surface area contributed by atoms with Gasteiger partial charge in [-0.15, -0.1) is 0 Å². The average molecular weight is 217 g/mol. The molecule has 0 aliphatic heterocycles. The van der Waals surface area contributed by atoms with Crippen LogP contribution in [0.2, 0.25) is 0 Å². The molecule has 1 aromatic carbocycles. The number of aromatic nitrogens is 1. The highest BCUT2D eigenvalue weighted by Crippen LogP contribution is 2.17. The first-order valence-corrected chi connectivity index (χ1v) is 4.86. The third-order valence-electron chi connectivity index (χ3n) is 2.22. The molecule has 0 aliphatic carbocycles. The number of aromatic amines is 1. The molecule has 0 amide bonds. The first-order chi connectivity index (χ1) is 7.75. The maximum Gasteiger partial charge on any atom is 0.271 e. The topological polar surface area (TPSA) is 71.0 Å². The molecule has 0 unspecified atom stereocenters. The molecule has 0 bridgehead atoms. The zero-order valence-corrected chi connectivity index (χ0v) is 8.51. The van der Waals surface area contributed by atoms with Crippen molar-refractivity contribution in [2.24, 2.45) is 0 Å². The number of H-pyrrole nitrogens is 1. The van der Waals surface area contributed by atoms with Crippen molar-refractivity contribution >= 4 is 11.4 Å². The van der Waals surface area contributed by atoms with Gasteiger partial charge in [-0.3, -0.25) is 10.1 Å². The van der Waals surface area contributed by atoms with Crippen LogP contribution in [-0.2, 0) is 6.54 Å². The number of non-ortho nitro benzene ring substituents is 1.